The molecule has 1 N–H and O–H groups in total. The molecule has 21 heavy (non-hydrogen) atoms. The third-order valence-corrected chi connectivity index (χ3v) is 5.31. The smallest absolute Gasteiger partial charge is 0.129 e. The normalized spacial score (nSPS) is 15.0. The quantitative estimate of drug-likeness (QED) is 0.658. The Morgan fingerprint density at radius 3 is 2.24 bits per heavy atom. The highest BCUT2D eigenvalue weighted by Gasteiger charge is 2.23. The van der Waals surface area contributed by atoms with Crippen LogP contribution in [0, 0.1) is 11.5 Å². The van der Waals surface area contributed by atoms with Gasteiger partial charge in [-0.05, 0) is 26.3 Å². The first-order chi connectivity index (χ1) is 9.59. The van der Waals surface area contributed by atoms with Gasteiger partial charge in [-0.25, -0.2) is 8.93 Å². The molecule has 0 fully saturated rings. The molecule has 0 heterocycles. The Morgan fingerprint density at radius 2 is 1.76 bits per heavy atom. The number of nitrogens with one attached hydrogen (secondary N) is 1. The van der Waals surface area contributed by atoms with Gasteiger partial charge in [0.1, 0.15) is 8.07 Å². The first-order valence-corrected chi connectivity index (χ1v) is 12.0. The van der Waals surface area contributed by atoms with Crippen LogP contribution in [0.1, 0.15) is 38.8 Å². The summed E-state index contributed by atoms with van der Waals surface area (Å²) >= 11 is 0. The highest BCUT2D eigenvalue weighted by Crippen LogP contribution is 2.20. The van der Waals surface area contributed by atoms with Crippen LogP contribution >= 0.6 is 0 Å². The predicted molar refractivity (Wildman–Crippen MR) is 96.0 cm³/mol. The van der Waals surface area contributed by atoms with Gasteiger partial charge in [-0.1, -0.05) is 50.0 Å². The molecule has 2 nitrogen and oxygen atoms in total. The topological polar surface area (TPSA) is 29.1 Å². The summed E-state index contributed by atoms with van der Waals surface area (Å²) in [6, 6.07) is 10.2. The molecule has 1 rings (SSSR count). The van der Waals surface area contributed by atoms with E-state index in [2.05, 4.69) is 48.0 Å². The van der Waals surface area contributed by atoms with Gasteiger partial charge >= 0.3 is 0 Å². The molecule has 1 aromatic carbocycles. The maximum atomic E-state index is 12.4. The van der Waals surface area contributed by atoms with Crippen LogP contribution in [0.4, 0.5) is 0 Å². The van der Waals surface area contributed by atoms with Gasteiger partial charge in [0.25, 0.3) is 0 Å². The number of hydrogen-bond acceptors (Lipinski definition) is 1. The SMILES string of the molecule is CC(C)(C)S(=O)NC(CC#C[Si](C)(C)C)c1ccccc1. The van der Waals surface area contributed by atoms with E-state index in [4.69, 9.17) is 0 Å². The summed E-state index contributed by atoms with van der Waals surface area (Å²) in [5.74, 6) is 3.30. The zero-order valence-corrected chi connectivity index (χ0v) is 15.8. The van der Waals surface area contributed by atoms with Crippen LogP contribution < -0.4 is 4.72 Å². The Balaban J connectivity index is 2.91. The predicted octanol–water partition coefficient (Wildman–Crippen LogP) is 4.05. The zero-order valence-electron chi connectivity index (χ0n) is 14.0. The van der Waals surface area contributed by atoms with E-state index in [0.29, 0.717) is 6.42 Å². The standard InChI is InChI=1S/C17H27NOSSi/c1-17(2,3)20(19)18-16(13-10-14-21(4,5)6)15-11-8-7-9-12-15/h7-9,11-12,16,18H,13H2,1-6H3. The van der Waals surface area contributed by atoms with E-state index in [1.165, 1.54) is 0 Å². The molecule has 4 heteroatoms. The molecule has 0 aliphatic carbocycles. The minimum Gasteiger partial charge on any atom is -0.242 e. The van der Waals surface area contributed by atoms with Crippen molar-refractivity contribution >= 4 is 19.1 Å². The molecule has 0 bridgehead atoms. The van der Waals surface area contributed by atoms with Crippen LogP contribution in [0.5, 0.6) is 0 Å². The number of rotatable bonds is 4. The Labute approximate surface area is 133 Å². The van der Waals surface area contributed by atoms with E-state index >= 15 is 0 Å². The largest absolute Gasteiger partial charge is 0.242 e. The average molecular weight is 322 g/mol. The highest BCUT2D eigenvalue weighted by molar-refractivity contribution is 7.84. The van der Waals surface area contributed by atoms with Gasteiger partial charge in [-0.3, -0.25) is 0 Å². The van der Waals surface area contributed by atoms with Gasteiger partial charge < -0.3 is 0 Å². The van der Waals surface area contributed by atoms with Gasteiger partial charge in [0.2, 0.25) is 0 Å². The van der Waals surface area contributed by atoms with Crippen LogP contribution in [0.25, 0.3) is 0 Å². The summed E-state index contributed by atoms with van der Waals surface area (Å²) in [5.41, 5.74) is 4.52. The fourth-order valence-electron chi connectivity index (χ4n) is 1.64. The molecular weight excluding hydrogens is 294 g/mol. The van der Waals surface area contributed by atoms with Gasteiger partial charge in [-0.15, -0.1) is 11.5 Å². The Hall–Kier alpha value is -0.893. The van der Waals surface area contributed by atoms with Crippen LogP contribution in [-0.2, 0) is 11.0 Å². The summed E-state index contributed by atoms with van der Waals surface area (Å²) in [4.78, 5) is 0. The van der Waals surface area contributed by atoms with E-state index in [-0.39, 0.29) is 10.8 Å². The minimum absolute atomic E-state index is 0.00936. The van der Waals surface area contributed by atoms with E-state index in [0.717, 1.165) is 5.56 Å². The number of benzene rings is 1. The molecule has 0 saturated heterocycles. The summed E-state index contributed by atoms with van der Waals surface area (Å²) in [6.45, 7) is 12.6. The summed E-state index contributed by atoms with van der Waals surface area (Å²) in [5, 5.41) is 0. The molecule has 2 atom stereocenters. The maximum Gasteiger partial charge on any atom is 0.129 e. The van der Waals surface area contributed by atoms with E-state index in [1.54, 1.807) is 0 Å². The second-order valence-electron chi connectivity index (χ2n) is 7.22. The van der Waals surface area contributed by atoms with Crippen LogP contribution in [0.2, 0.25) is 19.6 Å². The molecule has 0 aliphatic rings. The Kier molecular flexibility index (Phi) is 6.39. The molecule has 0 radical (unpaired) electrons. The molecule has 0 aliphatic heterocycles. The van der Waals surface area contributed by atoms with Gasteiger partial charge in [-0.2, -0.15) is 0 Å². The maximum absolute atomic E-state index is 12.4. The fourth-order valence-corrected chi connectivity index (χ4v) is 3.10. The average Bonchev–Trinajstić information content (AvgIpc) is 2.36. The lowest BCUT2D eigenvalue weighted by atomic mass is 10.1. The third-order valence-electron chi connectivity index (χ3n) is 2.78. The van der Waals surface area contributed by atoms with Crippen LogP contribution in [-0.4, -0.2) is 17.0 Å². The Bertz CT molecular complexity index is 532. The summed E-state index contributed by atoms with van der Waals surface area (Å²) < 4.78 is 15.3. The van der Waals surface area contributed by atoms with Crippen molar-refractivity contribution in [3.63, 3.8) is 0 Å². The van der Waals surface area contributed by atoms with Crippen molar-refractivity contribution in [3.8, 4) is 11.5 Å². The van der Waals surface area contributed by atoms with Crippen molar-refractivity contribution in [1.29, 1.82) is 0 Å². The van der Waals surface area contributed by atoms with Crippen LogP contribution in [0.3, 0.4) is 0 Å². The summed E-state index contributed by atoms with van der Waals surface area (Å²) in [7, 11) is -2.47. The highest BCUT2D eigenvalue weighted by atomic mass is 32.2. The molecule has 0 spiro atoms. The van der Waals surface area contributed by atoms with E-state index in [1.807, 2.05) is 39.0 Å². The second kappa shape index (κ2) is 7.39. The lowest BCUT2D eigenvalue weighted by Gasteiger charge is -2.23. The molecule has 0 aromatic heterocycles. The fraction of sp³-hybridized carbons (Fsp3) is 0.529. The molecule has 0 saturated carbocycles. The first kappa shape index (κ1) is 18.2. The number of hydrogen-bond donors (Lipinski definition) is 1. The molecular formula is C17H27NOSSi. The summed E-state index contributed by atoms with van der Waals surface area (Å²) in [6.07, 6.45) is 0.691. The third kappa shape index (κ3) is 7.08. The van der Waals surface area contributed by atoms with Crippen molar-refractivity contribution in [1.82, 2.24) is 4.72 Å². The van der Waals surface area contributed by atoms with Crippen molar-refractivity contribution in [2.24, 2.45) is 0 Å². The monoisotopic (exact) mass is 321 g/mol. The lowest BCUT2D eigenvalue weighted by Crippen LogP contribution is -2.35. The van der Waals surface area contributed by atoms with E-state index < -0.39 is 19.1 Å². The van der Waals surface area contributed by atoms with Gasteiger partial charge in [0.15, 0.2) is 0 Å². The van der Waals surface area contributed by atoms with Crippen molar-refractivity contribution in [2.75, 3.05) is 0 Å². The Morgan fingerprint density at radius 1 is 1.19 bits per heavy atom. The van der Waals surface area contributed by atoms with Crippen LogP contribution in [0.15, 0.2) is 30.3 Å². The first-order valence-electron chi connectivity index (χ1n) is 7.32. The van der Waals surface area contributed by atoms with Gasteiger partial charge in [0.05, 0.1) is 21.8 Å². The molecule has 116 valence electrons. The lowest BCUT2D eigenvalue weighted by molar-refractivity contribution is 0.604. The molecule has 2 unspecified atom stereocenters. The van der Waals surface area contributed by atoms with E-state index in [9.17, 15) is 4.21 Å². The second-order valence-corrected chi connectivity index (χ2v) is 14.0. The van der Waals surface area contributed by atoms with Gasteiger partial charge in [0, 0.05) is 6.42 Å². The molecule has 1 aromatic rings. The zero-order chi connectivity index (χ0) is 16.1. The van der Waals surface area contributed by atoms with Crippen molar-refractivity contribution in [2.45, 2.75) is 57.6 Å². The molecule has 0 amide bonds. The minimum atomic E-state index is -1.37. The van der Waals surface area contributed by atoms with Crippen molar-refractivity contribution < 1.29 is 4.21 Å². The van der Waals surface area contributed by atoms with Crippen molar-refractivity contribution in [3.05, 3.63) is 35.9 Å².